The first-order valence-electron chi connectivity index (χ1n) is 26.8. The van der Waals surface area contributed by atoms with Crippen LogP contribution in [0.25, 0.3) is 0 Å². The van der Waals surface area contributed by atoms with Gasteiger partial charge in [-0.1, -0.05) is 177 Å². The lowest BCUT2D eigenvalue weighted by Gasteiger charge is -2.21. The first-order valence-corrected chi connectivity index (χ1v) is 28.3. The summed E-state index contributed by atoms with van der Waals surface area (Å²) in [5.74, 6) is -1.51. The minimum absolute atomic E-state index is 0.145. The zero-order valence-corrected chi connectivity index (χ0v) is 43.9. The number of phosphoric acid groups is 1. The molecule has 0 aromatic carbocycles. The maximum atomic E-state index is 12.9. The van der Waals surface area contributed by atoms with E-state index in [0.717, 1.165) is 141 Å². The van der Waals surface area contributed by atoms with Crippen molar-refractivity contribution in [3.05, 3.63) is 72.9 Å². The zero-order chi connectivity index (χ0) is 49.9. The van der Waals surface area contributed by atoms with Gasteiger partial charge >= 0.3 is 25.7 Å². The molecular weight excluding hydrogens is 880 g/mol. The molecule has 0 aromatic heterocycles. The van der Waals surface area contributed by atoms with Crippen molar-refractivity contribution in [3.63, 3.8) is 0 Å². The number of aliphatic hydroxyl groups is 1. The van der Waals surface area contributed by atoms with E-state index in [0.29, 0.717) is 19.3 Å². The molecule has 392 valence electrons. The van der Waals surface area contributed by atoms with Gasteiger partial charge in [0.1, 0.15) is 12.7 Å². The fourth-order valence-electron chi connectivity index (χ4n) is 6.99. The summed E-state index contributed by atoms with van der Waals surface area (Å²) in [6.45, 7) is 4.39. The molecule has 0 spiro atoms. The minimum Gasteiger partial charge on any atom is -0.462 e. The molecule has 0 rings (SSSR count). The highest BCUT2D eigenvalue weighted by molar-refractivity contribution is 7.47. The number of hydrogen-bond donors (Lipinski definition) is 2. The van der Waals surface area contributed by atoms with Crippen LogP contribution in [0.15, 0.2) is 72.9 Å². The number of carbonyl (C=O) groups excluding carboxylic acids is 3. The molecule has 0 fully saturated rings. The van der Waals surface area contributed by atoms with Crippen molar-refractivity contribution in [3.8, 4) is 0 Å². The molecule has 0 amide bonds. The smallest absolute Gasteiger partial charge is 0.462 e. The molecule has 0 radical (unpaired) electrons. The first-order chi connectivity index (χ1) is 33.2. The minimum atomic E-state index is -4.75. The molecule has 0 bridgehead atoms. The van der Waals surface area contributed by atoms with Crippen LogP contribution < -0.4 is 0 Å². The summed E-state index contributed by atoms with van der Waals surface area (Å²) >= 11 is 0. The molecule has 2 N–H and O–H groups in total. The Balaban J connectivity index is 4.78. The summed E-state index contributed by atoms with van der Waals surface area (Å²) in [5.41, 5.74) is 0. The van der Waals surface area contributed by atoms with Crippen molar-refractivity contribution < 1.29 is 52.2 Å². The number of phosphoric ester groups is 1. The largest absolute Gasteiger partial charge is 0.472 e. The van der Waals surface area contributed by atoms with Crippen molar-refractivity contribution in [1.82, 2.24) is 0 Å². The van der Waals surface area contributed by atoms with E-state index in [4.69, 9.17) is 23.3 Å². The second-order valence-electron chi connectivity index (χ2n) is 17.7. The Bertz CT molecular complexity index is 1420. The van der Waals surface area contributed by atoms with Gasteiger partial charge in [-0.2, -0.15) is 0 Å². The van der Waals surface area contributed by atoms with Gasteiger partial charge in [-0.3, -0.25) is 23.4 Å². The van der Waals surface area contributed by atoms with Gasteiger partial charge in [0.2, 0.25) is 0 Å². The summed E-state index contributed by atoms with van der Waals surface area (Å²) in [7, 11) is -4.75. The fraction of sp³-hybridized carbons (Fsp3) is 0.732. The van der Waals surface area contributed by atoms with Crippen LogP contribution in [0.1, 0.15) is 226 Å². The molecule has 0 saturated carbocycles. The highest BCUT2D eigenvalue weighted by Crippen LogP contribution is 2.43. The molecular formula is C56H97O11P. The number of hydrogen-bond acceptors (Lipinski definition) is 10. The number of esters is 3. The summed E-state index contributed by atoms with van der Waals surface area (Å²) in [6, 6.07) is 0. The first kappa shape index (κ1) is 64.9. The average molecular weight is 977 g/mol. The average Bonchev–Trinajstić information content (AvgIpc) is 3.32. The summed E-state index contributed by atoms with van der Waals surface area (Å²) in [4.78, 5) is 48.4. The van der Waals surface area contributed by atoms with Gasteiger partial charge in [-0.05, 0) is 103 Å². The molecule has 0 aliphatic heterocycles. The van der Waals surface area contributed by atoms with E-state index in [2.05, 4.69) is 93.7 Å². The van der Waals surface area contributed by atoms with E-state index in [-0.39, 0.29) is 25.9 Å². The van der Waals surface area contributed by atoms with E-state index in [1.165, 1.54) is 25.7 Å². The molecule has 0 aromatic rings. The molecule has 3 atom stereocenters. The zero-order valence-electron chi connectivity index (χ0n) is 43.1. The summed E-state index contributed by atoms with van der Waals surface area (Å²) in [6.07, 6.45) is 54.3. The normalized spacial score (nSPS) is 14.0. The number of rotatable bonds is 49. The van der Waals surface area contributed by atoms with Crippen LogP contribution in [-0.2, 0) is 42.2 Å². The SMILES string of the molecule is CC/C=C\C/C=C\C/C=C\CCCCCCCC(=O)OCC(COP(=O)(O)OCC(CO)OC(=O)CCCCCCC/C=C\CCCCCC)OC(=O)CCCCCCC/C=C\C/C=C\CCC. The monoisotopic (exact) mass is 977 g/mol. The molecule has 68 heavy (non-hydrogen) atoms. The molecule has 0 heterocycles. The lowest BCUT2D eigenvalue weighted by Crippen LogP contribution is -2.30. The maximum absolute atomic E-state index is 12.9. The van der Waals surface area contributed by atoms with Crippen LogP contribution in [-0.4, -0.2) is 66.5 Å². The van der Waals surface area contributed by atoms with Gasteiger partial charge in [-0.15, -0.1) is 0 Å². The van der Waals surface area contributed by atoms with Crippen molar-refractivity contribution in [1.29, 1.82) is 0 Å². The molecule has 0 aliphatic rings. The van der Waals surface area contributed by atoms with Gasteiger partial charge in [0.15, 0.2) is 6.10 Å². The Morgan fingerprint density at radius 2 is 0.794 bits per heavy atom. The maximum Gasteiger partial charge on any atom is 0.472 e. The van der Waals surface area contributed by atoms with Gasteiger partial charge in [0.05, 0.1) is 19.8 Å². The third-order valence-corrected chi connectivity index (χ3v) is 12.0. The number of allylic oxidation sites excluding steroid dienone is 12. The van der Waals surface area contributed by atoms with E-state index >= 15 is 0 Å². The van der Waals surface area contributed by atoms with Gasteiger partial charge in [0.25, 0.3) is 0 Å². The van der Waals surface area contributed by atoms with E-state index in [1.54, 1.807) is 0 Å². The van der Waals surface area contributed by atoms with Gasteiger partial charge in [-0.25, -0.2) is 4.57 Å². The molecule has 0 aliphatic carbocycles. The van der Waals surface area contributed by atoms with Crippen LogP contribution in [0.5, 0.6) is 0 Å². The van der Waals surface area contributed by atoms with Crippen LogP contribution in [0.4, 0.5) is 0 Å². The predicted octanol–water partition coefficient (Wildman–Crippen LogP) is 15.4. The number of carbonyl (C=O) groups is 3. The molecule has 3 unspecified atom stereocenters. The Kier molecular flexibility index (Phi) is 48.0. The second-order valence-corrected chi connectivity index (χ2v) is 19.1. The van der Waals surface area contributed by atoms with Crippen LogP contribution in [0.2, 0.25) is 0 Å². The summed E-state index contributed by atoms with van der Waals surface area (Å²) in [5, 5.41) is 9.78. The van der Waals surface area contributed by atoms with E-state index in [9.17, 15) is 28.9 Å². The Hall–Kier alpha value is -3.08. The van der Waals surface area contributed by atoms with E-state index < -0.39 is 57.8 Å². The topological polar surface area (TPSA) is 155 Å². The second kappa shape index (κ2) is 50.3. The predicted molar refractivity (Wildman–Crippen MR) is 279 cm³/mol. The number of ether oxygens (including phenoxy) is 3. The number of unbranched alkanes of at least 4 members (excludes halogenated alkanes) is 20. The highest BCUT2D eigenvalue weighted by atomic mass is 31.2. The van der Waals surface area contributed by atoms with Gasteiger partial charge in [0, 0.05) is 19.3 Å². The van der Waals surface area contributed by atoms with Gasteiger partial charge < -0.3 is 24.2 Å². The Morgan fingerprint density at radius 1 is 0.426 bits per heavy atom. The van der Waals surface area contributed by atoms with Crippen molar-refractivity contribution in [2.75, 3.05) is 26.4 Å². The molecule has 12 heteroatoms. The van der Waals surface area contributed by atoms with Crippen molar-refractivity contribution >= 4 is 25.7 Å². The molecule has 11 nitrogen and oxygen atoms in total. The highest BCUT2D eigenvalue weighted by Gasteiger charge is 2.28. The standard InChI is InChI=1S/C56H97O11P/c1-4-7-10-13-16-19-22-25-26-29-30-33-36-39-42-45-54(58)63-49-53(67-56(60)47-44-41-38-35-32-28-24-21-18-15-12-9-6-3)51-65-68(61,62)64-50-52(48-57)66-55(59)46-43-40-37-34-31-27-23-20-17-14-11-8-5-2/h7,10,12,15-16,19-21,23-26,52-53,57H,4-6,8-9,11,13-14,17-18,22,27-51H2,1-3H3,(H,61,62)/b10-7-,15-12-,19-16-,23-20-,24-21-,26-25-. The molecule has 0 saturated heterocycles. The number of aliphatic hydroxyl groups excluding tert-OH is 1. The van der Waals surface area contributed by atoms with E-state index in [1.807, 2.05) is 0 Å². The lowest BCUT2D eigenvalue weighted by atomic mass is 10.1. The van der Waals surface area contributed by atoms with Crippen LogP contribution in [0, 0.1) is 0 Å². The lowest BCUT2D eigenvalue weighted by molar-refractivity contribution is -0.161. The third kappa shape index (κ3) is 48.0. The van der Waals surface area contributed by atoms with Crippen molar-refractivity contribution in [2.24, 2.45) is 0 Å². The Morgan fingerprint density at radius 3 is 1.25 bits per heavy atom. The van der Waals surface area contributed by atoms with Crippen molar-refractivity contribution in [2.45, 2.75) is 238 Å². The van der Waals surface area contributed by atoms with Crippen LogP contribution in [0.3, 0.4) is 0 Å². The van der Waals surface area contributed by atoms with Crippen LogP contribution >= 0.6 is 7.82 Å². The third-order valence-electron chi connectivity index (χ3n) is 11.1. The summed E-state index contributed by atoms with van der Waals surface area (Å²) < 4.78 is 39.4. The quantitative estimate of drug-likeness (QED) is 0.0197. The Labute approximate surface area is 414 Å². The fourth-order valence-corrected chi connectivity index (χ4v) is 7.77.